The summed E-state index contributed by atoms with van der Waals surface area (Å²) in [6, 6.07) is 0. The molecule has 1 N–H and O–H groups in total. The van der Waals surface area contributed by atoms with Gasteiger partial charge < -0.3 is 9.84 Å². The highest BCUT2D eigenvalue weighted by molar-refractivity contribution is 5.23. The summed E-state index contributed by atoms with van der Waals surface area (Å²) < 4.78 is 5.43. The molecule has 180 valence electrons. The van der Waals surface area contributed by atoms with Gasteiger partial charge in [-0.1, -0.05) is 114 Å². The Hall–Kier alpha value is -1.12. The zero-order valence-electron chi connectivity index (χ0n) is 21.4. The van der Waals surface area contributed by atoms with E-state index in [-0.39, 0.29) is 0 Å². The molecule has 1 aliphatic carbocycles. The van der Waals surface area contributed by atoms with Gasteiger partial charge >= 0.3 is 0 Å². The molecular formula is C29H52O2. The lowest BCUT2D eigenvalue weighted by Crippen LogP contribution is -2.31. The van der Waals surface area contributed by atoms with Gasteiger partial charge in [-0.25, -0.2) is 0 Å². The van der Waals surface area contributed by atoms with Crippen molar-refractivity contribution in [3.05, 3.63) is 48.1 Å². The van der Waals surface area contributed by atoms with Gasteiger partial charge in [-0.15, -0.1) is 0 Å². The average molecular weight is 433 g/mol. The lowest BCUT2D eigenvalue weighted by atomic mass is 9.90. The summed E-state index contributed by atoms with van der Waals surface area (Å²) in [6.45, 7) is 8.81. The topological polar surface area (TPSA) is 29.5 Å². The van der Waals surface area contributed by atoms with E-state index in [4.69, 9.17) is 4.74 Å². The van der Waals surface area contributed by atoms with Crippen molar-refractivity contribution < 1.29 is 9.84 Å². The number of hydrogen-bond acceptors (Lipinski definition) is 2. The van der Waals surface area contributed by atoms with Crippen molar-refractivity contribution in [3.8, 4) is 0 Å². The lowest BCUT2D eigenvalue weighted by molar-refractivity contribution is -0.195. The molecule has 0 aromatic rings. The van der Waals surface area contributed by atoms with Crippen LogP contribution >= 0.6 is 0 Å². The normalized spacial score (nSPS) is 16.4. The standard InChI is InChI=1S/C19H32O2.C10H20/c1-4-10-17(5-2)13-15-19(20,21-3)16-14-18-11-8-6-7-9-12-18;1-3-5-7-9-10-8-6-4-2/h6-9,11,17,20H,4-5,10,12-16H2,1-3H3;3,5H,4,6-10H2,1-2H3/b;5-3-. The fourth-order valence-electron chi connectivity index (χ4n) is 3.92. The number of ether oxygens (including phenoxy) is 1. The molecule has 0 bridgehead atoms. The molecule has 31 heavy (non-hydrogen) atoms. The molecule has 0 spiro atoms. The summed E-state index contributed by atoms with van der Waals surface area (Å²) >= 11 is 0. The first-order valence-corrected chi connectivity index (χ1v) is 12.9. The van der Waals surface area contributed by atoms with Crippen molar-refractivity contribution in [2.24, 2.45) is 5.92 Å². The third-order valence-corrected chi connectivity index (χ3v) is 6.21. The van der Waals surface area contributed by atoms with Crippen molar-refractivity contribution in [2.45, 2.75) is 123 Å². The highest BCUT2D eigenvalue weighted by atomic mass is 16.6. The van der Waals surface area contributed by atoms with Gasteiger partial charge in [0.1, 0.15) is 0 Å². The molecule has 1 aliphatic rings. The van der Waals surface area contributed by atoms with Gasteiger partial charge in [0.2, 0.25) is 0 Å². The van der Waals surface area contributed by atoms with Crippen LogP contribution in [-0.2, 0) is 4.74 Å². The minimum atomic E-state index is -0.971. The Balaban J connectivity index is 0.000000759. The molecule has 0 saturated heterocycles. The summed E-state index contributed by atoms with van der Waals surface area (Å²) in [6.07, 6.45) is 31.1. The molecule has 0 aromatic heterocycles. The van der Waals surface area contributed by atoms with Gasteiger partial charge in [0.05, 0.1) is 0 Å². The second-order valence-electron chi connectivity index (χ2n) is 8.87. The van der Waals surface area contributed by atoms with E-state index in [1.165, 1.54) is 63.4 Å². The smallest absolute Gasteiger partial charge is 0.165 e. The van der Waals surface area contributed by atoms with Crippen LogP contribution in [0, 0.1) is 5.92 Å². The van der Waals surface area contributed by atoms with Gasteiger partial charge in [0, 0.05) is 20.0 Å². The molecule has 2 atom stereocenters. The van der Waals surface area contributed by atoms with Crippen LogP contribution in [0.5, 0.6) is 0 Å². The number of unbranched alkanes of at least 4 members (excludes halogenated alkanes) is 5. The Morgan fingerprint density at radius 2 is 1.77 bits per heavy atom. The maximum absolute atomic E-state index is 10.6. The minimum absolute atomic E-state index is 0.680. The summed E-state index contributed by atoms with van der Waals surface area (Å²) in [7, 11) is 1.63. The molecule has 0 aliphatic heterocycles. The quantitative estimate of drug-likeness (QED) is 0.150. The van der Waals surface area contributed by atoms with Crippen LogP contribution in [0.3, 0.4) is 0 Å². The molecule has 2 unspecified atom stereocenters. The van der Waals surface area contributed by atoms with Crippen molar-refractivity contribution in [1.82, 2.24) is 0 Å². The number of aliphatic hydroxyl groups is 1. The first kappa shape index (κ1) is 29.9. The number of allylic oxidation sites excluding steroid dienone is 8. The second kappa shape index (κ2) is 20.8. The van der Waals surface area contributed by atoms with Crippen LogP contribution in [0.25, 0.3) is 0 Å². The fourth-order valence-corrected chi connectivity index (χ4v) is 3.92. The van der Waals surface area contributed by atoms with Gasteiger partial charge in [-0.3, -0.25) is 0 Å². The van der Waals surface area contributed by atoms with E-state index in [1.807, 2.05) is 6.08 Å². The van der Waals surface area contributed by atoms with E-state index in [1.54, 1.807) is 7.11 Å². The zero-order chi connectivity index (χ0) is 23.2. The lowest BCUT2D eigenvalue weighted by Gasteiger charge is -2.28. The molecule has 2 heteroatoms. The van der Waals surface area contributed by atoms with Crippen LogP contribution < -0.4 is 0 Å². The van der Waals surface area contributed by atoms with E-state index >= 15 is 0 Å². The Morgan fingerprint density at radius 1 is 1.00 bits per heavy atom. The molecule has 1 rings (SSSR count). The second-order valence-corrected chi connectivity index (χ2v) is 8.87. The van der Waals surface area contributed by atoms with Crippen LogP contribution in [0.2, 0.25) is 0 Å². The van der Waals surface area contributed by atoms with Crippen LogP contribution in [0.1, 0.15) is 118 Å². The Bertz CT molecular complexity index is 515. The van der Waals surface area contributed by atoms with E-state index in [0.717, 1.165) is 25.7 Å². The monoisotopic (exact) mass is 432 g/mol. The maximum atomic E-state index is 10.6. The highest BCUT2D eigenvalue weighted by Crippen LogP contribution is 2.28. The van der Waals surface area contributed by atoms with Gasteiger partial charge in [0.15, 0.2) is 5.79 Å². The van der Waals surface area contributed by atoms with Crippen LogP contribution in [0.4, 0.5) is 0 Å². The highest BCUT2D eigenvalue weighted by Gasteiger charge is 2.27. The first-order chi connectivity index (χ1) is 15.0. The first-order valence-electron chi connectivity index (χ1n) is 12.9. The summed E-state index contributed by atoms with van der Waals surface area (Å²) in [5.74, 6) is -0.263. The Morgan fingerprint density at radius 3 is 2.42 bits per heavy atom. The minimum Gasteiger partial charge on any atom is -0.365 e. The largest absolute Gasteiger partial charge is 0.365 e. The number of methoxy groups -OCH3 is 1. The number of rotatable bonds is 16. The predicted octanol–water partition coefficient (Wildman–Crippen LogP) is 9.07. The molecule has 0 amide bonds. The predicted molar refractivity (Wildman–Crippen MR) is 138 cm³/mol. The van der Waals surface area contributed by atoms with Crippen molar-refractivity contribution in [2.75, 3.05) is 7.11 Å². The Kier molecular flexibility index (Phi) is 20.0. The maximum Gasteiger partial charge on any atom is 0.165 e. The molecule has 2 nitrogen and oxygen atoms in total. The van der Waals surface area contributed by atoms with Crippen LogP contribution in [0.15, 0.2) is 48.1 Å². The molecular weight excluding hydrogens is 380 g/mol. The zero-order valence-corrected chi connectivity index (χ0v) is 21.4. The molecule has 0 saturated carbocycles. The molecule has 0 fully saturated rings. The third-order valence-electron chi connectivity index (χ3n) is 6.21. The van der Waals surface area contributed by atoms with Gasteiger partial charge in [-0.2, -0.15) is 0 Å². The van der Waals surface area contributed by atoms with Crippen molar-refractivity contribution in [1.29, 1.82) is 0 Å². The van der Waals surface area contributed by atoms with E-state index in [9.17, 15) is 5.11 Å². The average Bonchev–Trinajstić information content (AvgIpc) is 3.07. The van der Waals surface area contributed by atoms with Crippen molar-refractivity contribution in [3.63, 3.8) is 0 Å². The summed E-state index contributed by atoms with van der Waals surface area (Å²) in [5.41, 5.74) is 1.36. The van der Waals surface area contributed by atoms with E-state index in [0.29, 0.717) is 12.3 Å². The van der Waals surface area contributed by atoms with Crippen molar-refractivity contribution >= 4 is 0 Å². The van der Waals surface area contributed by atoms with Crippen LogP contribution in [-0.4, -0.2) is 18.0 Å². The molecule has 0 aromatic carbocycles. The molecule has 0 heterocycles. The third kappa shape index (κ3) is 17.2. The van der Waals surface area contributed by atoms with E-state index in [2.05, 4.69) is 64.2 Å². The van der Waals surface area contributed by atoms with Gasteiger partial charge in [0.25, 0.3) is 0 Å². The Labute approximate surface area is 194 Å². The molecule has 0 radical (unpaired) electrons. The SMILES string of the molecule is C/C=C\CCCCCCC.CCCC(CC)CCC(O)(CCC1=CC=CC=CC1)OC. The van der Waals surface area contributed by atoms with Gasteiger partial charge in [-0.05, 0) is 44.9 Å². The van der Waals surface area contributed by atoms with E-state index < -0.39 is 5.79 Å². The number of hydrogen-bond donors (Lipinski definition) is 1. The fraction of sp³-hybridized carbons (Fsp3) is 0.724. The summed E-state index contributed by atoms with van der Waals surface area (Å²) in [5, 5.41) is 10.6. The summed E-state index contributed by atoms with van der Waals surface area (Å²) in [4.78, 5) is 0.